The molecule has 0 bridgehead atoms. The number of hydrogen-bond donors (Lipinski definition) is 3. The molecule has 0 spiro atoms. The van der Waals surface area contributed by atoms with E-state index in [1.807, 2.05) is 0 Å². The molecule has 0 aliphatic carbocycles. The molecule has 2 atom stereocenters. The zero-order valence-electron chi connectivity index (χ0n) is 14.9. The molecular weight excluding hydrogens is 416 g/mol. The number of primary sulfonamides is 1. The van der Waals surface area contributed by atoms with Crippen LogP contribution in [0.5, 0.6) is 0 Å². The molecule has 3 rings (SSSR count). The van der Waals surface area contributed by atoms with Gasteiger partial charge >= 0.3 is 0 Å². The van der Waals surface area contributed by atoms with E-state index in [4.69, 9.17) is 9.56 Å². The zero-order chi connectivity index (χ0) is 19.8. The van der Waals surface area contributed by atoms with Gasteiger partial charge in [0.05, 0.1) is 0 Å². The second kappa shape index (κ2) is 8.56. The van der Waals surface area contributed by atoms with E-state index in [-0.39, 0.29) is 34.7 Å². The van der Waals surface area contributed by atoms with Crippen LogP contribution < -0.4 is 15.8 Å². The fourth-order valence-corrected chi connectivity index (χ4v) is 3.97. The molecule has 28 heavy (non-hydrogen) atoms. The first-order chi connectivity index (χ1) is 12.7. The van der Waals surface area contributed by atoms with Crippen LogP contribution in [0.15, 0.2) is 33.6 Å². The number of carbonyl (C=O) groups excluding carboxylic acids is 1. The summed E-state index contributed by atoms with van der Waals surface area (Å²) in [6, 6.07) is 4.33. The van der Waals surface area contributed by atoms with Gasteiger partial charge in [0, 0.05) is 24.6 Å². The lowest BCUT2D eigenvalue weighted by Crippen LogP contribution is -2.50. The van der Waals surface area contributed by atoms with Crippen molar-refractivity contribution < 1.29 is 26.4 Å². The van der Waals surface area contributed by atoms with Crippen molar-refractivity contribution in [2.24, 2.45) is 5.14 Å². The molecule has 7 nitrogen and oxygen atoms in total. The van der Waals surface area contributed by atoms with Crippen LogP contribution in [0, 0.1) is 18.6 Å². The zero-order valence-corrected chi connectivity index (χ0v) is 16.5. The largest absolute Gasteiger partial charge is 0.455 e. The van der Waals surface area contributed by atoms with Gasteiger partial charge in [0.25, 0.3) is 5.91 Å². The number of rotatable bonds is 4. The molecule has 2 unspecified atom stereocenters. The first kappa shape index (κ1) is 22.3. The van der Waals surface area contributed by atoms with Gasteiger partial charge in [-0.1, -0.05) is 6.07 Å². The summed E-state index contributed by atoms with van der Waals surface area (Å²) in [5.74, 6) is -2.91. The number of benzene rings is 1. The fraction of sp³-hybridized carbons (Fsp3) is 0.353. The minimum absolute atomic E-state index is 0. The number of furan rings is 1. The predicted molar refractivity (Wildman–Crippen MR) is 99.9 cm³/mol. The lowest BCUT2D eigenvalue weighted by atomic mass is 9.86. The van der Waals surface area contributed by atoms with Crippen LogP contribution >= 0.6 is 12.4 Å². The number of halogens is 3. The quantitative estimate of drug-likeness (QED) is 0.677. The molecule has 1 aliphatic heterocycles. The normalized spacial score (nSPS) is 19.7. The highest BCUT2D eigenvalue weighted by Crippen LogP contribution is 2.27. The Morgan fingerprint density at radius 2 is 2.00 bits per heavy atom. The summed E-state index contributed by atoms with van der Waals surface area (Å²) in [7, 11) is -4.01. The van der Waals surface area contributed by atoms with E-state index in [1.54, 1.807) is 0 Å². The van der Waals surface area contributed by atoms with Crippen LogP contribution in [0.1, 0.15) is 34.2 Å². The lowest BCUT2D eigenvalue weighted by molar-refractivity contribution is 0.0895. The number of hydrogen-bond acceptors (Lipinski definition) is 5. The topological polar surface area (TPSA) is 114 Å². The van der Waals surface area contributed by atoms with Crippen LogP contribution in [-0.2, 0) is 10.0 Å². The number of carbonyl (C=O) groups is 1. The van der Waals surface area contributed by atoms with Gasteiger partial charge in [-0.2, -0.15) is 0 Å². The van der Waals surface area contributed by atoms with E-state index >= 15 is 0 Å². The highest BCUT2D eigenvalue weighted by Gasteiger charge is 2.30. The van der Waals surface area contributed by atoms with Gasteiger partial charge in [0.2, 0.25) is 10.0 Å². The number of nitrogens with two attached hydrogens (primary N) is 1. The molecule has 4 N–H and O–H groups in total. The van der Waals surface area contributed by atoms with E-state index in [1.165, 1.54) is 13.0 Å². The molecule has 1 fully saturated rings. The van der Waals surface area contributed by atoms with E-state index in [0.29, 0.717) is 25.1 Å². The maximum atomic E-state index is 13.6. The van der Waals surface area contributed by atoms with Gasteiger partial charge in [0.1, 0.15) is 10.7 Å². The van der Waals surface area contributed by atoms with Crippen molar-refractivity contribution >= 4 is 28.3 Å². The van der Waals surface area contributed by atoms with Crippen molar-refractivity contribution in [2.75, 3.05) is 13.1 Å². The first-order valence-electron chi connectivity index (χ1n) is 8.26. The van der Waals surface area contributed by atoms with E-state index in [2.05, 4.69) is 10.6 Å². The molecular formula is C17H20ClF2N3O4S. The van der Waals surface area contributed by atoms with Crippen molar-refractivity contribution in [1.82, 2.24) is 10.6 Å². The minimum atomic E-state index is -4.01. The number of nitrogens with one attached hydrogen (secondary N) is 2. The summed E-state index contributed by atoms with van der Waals surface area (Å²) in [5, 5.41) is 11.0. The SMILES string of the molecule is Cc1oc(C(=O)NC2CNCCC2c2ccc(F)c(F)c2)cc1S(N)(=O)=O.Cl. The monoisotopic (exact) mass is 435 g/mol. The second-order valence-corrected chi connectivity index (χ2v) is 7.96. The van der Waals surface area contributed by atoms with E-state index < -0.39 is 33.6 Å². The van der Waals surface area contributed by atoms with Crippen molar-refractivity contribution in [3.63, 3.8) is 0 Å². The molecule has 2 heterocycles. The van der Waals surface area contributed by atoms with Crippen molar-refractivity contribution in [3.05, 3.63) is 53.0 Å². The van der Waals surface area contributed by atoms with Gasteiger partial charge in [0.15, 0.2) is 17.4 Å². The third-order valence-electron chi connectivity index (χ3n) is 4.57. The van der Waals surface area contributed by atoms with Crippen LogP contribution in [0.3, 0.4) is 0 Å². The first-order valence-corrected chi connectivity index (χ1v) is 9.81. The van der Waals surface area contributed by atoms with Crippen molar-refractivity contribution in [3.8, 4) is 0 Å². The lowest BCUT2D eigenvalue weighted by Gasteiger charge is -2.33. The van der Waals surface area contributed by atoms with Crippen LogP contribution in [0.25, 0.3) is 0 Å². The molecule has 1 amide bonds. The van der Waals surface area contributed by atoms with Gasteiger partial charge < -0.3 is 15.1 Å². The molecule has 11 heteroatoms. The van der Waals surface area contributed by atoms with Crippen LogP contribution in [-0.4, -0.2) is 33.5 Å². The Bertz CT molecular complexity index is 981. The Morgan fingerprint density at radius 3 is 2.61 bits per heavy atom. The van der Waals surface area contributed by atoms with Crippen molar-refractivity contribution in [1.29, 1.82) is 0 Å². The molecule has 2 aromatic rings. The smallest absolute Gasteiger partial charge is 0.287 e. The van der Waals surface area contributed by atoms with Gasteiger partial charge in [-0.05, 0) is 37.6 Å². The minimum Gasteiger partial charge on any atom is -0.455 e. The predicted octanol–water partition coefficient (Wildman–Crippen LogP) is 1.81. The highest BCUT2D eigenvalue weighted by molar-refractivity contribution is 7.89. The third-order valence-corrected chi connectivity index (χ3v) is 5.59. The Hall–Kier alpha value is -2.01. The standard InChI is InChI=1S/C17H19F2N3O4S.ClH/c1-9-16(27(20,24)25)7-15(26-9)17(23)22-14-8-21-5-4-11(14)10-2-3-12(18)13(19)6-10;/h2-3,6-7,11,14,21H,4-5,8H2,1H3,(H,22,23)(H2,20,24,25);1H. The average molecular weight is 436 g/mol. The van der Waals surface area contributed by atoms with Crippen LogP contribution in [0.4, 0.5) is 8.78 Å². The molecule has 1 aliphatic rings. The Labute approximate surface area is 167 Å². The summed E-state index contributed by atoms with van der Waals surface area (Å²) in [6.45, 7) is 2.46. The van der Waals surface area contributed by atoms with E-state index in [0.717, 1.165) is 18.2 Å². The molecule has 1 saturated heterocycles. The number of sulfonamides is 1. The average Bonchev–Trinajstić information content (AvgIpc) is 3.00. The molecule has 1 aromatic heterocycles. The van der Waals surface area contributed by atoms with Gasteiger partial charge in [-0.25, -0.2) is 22.3 Å². The molecule has 0 saturated carbocycles. The summed E-state index contributed by atoms with van der Waals surface area (Å²) in [6.07, 6.45) is 0.607. The van der Waals surface area contributed by atoms with Crippen LogP contribution in [0.2, 0.25) is 0 Å². The molecule has 154 valence electrons. The molecule has 1 aromatic carbocycles. The number of amides is 1. The summed E-state index contributed by atoms with van der Waals surface area (Å²) in [5.41, 5.74) is 0.571. The summed E-state index contributed by atoms with van der Waals surface area (Å²) >= 11 is 0. The van der Waals surface area contributed by atoms with Gasteiger partial charge in [-0.3, -0.25) is 4.79 Å². The number of piperidine rings is 1. The maximum absolute atomic E-state index is 13.6. The van der Waals surface area contributed by atoms with E-state index in [9.17, 15) is 22.0 Å². The summed E-state index contributed by atoms with van der Waals surface area (Å²) in [4.78, 5) is 12.2. The maximum Gasteiger partial charge on any atom is 0.287 e. The Balaban J connectivity index is 0.00000280. The van der Waals surface area contributed by atoms with Crippen molar-refractivity contribution in [2.45, 2.75) is 30.2 Å². The Morgan fingerprint density at radius 1 is 1.29 bits per heavy atom. The summed E-state index contributed by atoms with van der Waals surface area (Å²) < 4.78 is 55.0. The second-order valence-electron chi connectivity index (χ2n) is 6.43. The highest BCUT2D eigenvalue weighted by atomic mass is 35.5. The number of aryl methyl sites for hydroxylation is 1. The molecule has 0 radical (unpaired) electrons. The third kappa shape index (κ3) is 4.69. The fourth-order valence-electron chi connectivity index (χ4n) is 3.25. The Kier molecular flexibility index (Phi) is 6.81. The van der Waals surface area contributed by atoms with Gasteiger partial charge in [-0.15, -0.1) is 12.4 Å².